The topological polar surface area (TPSA) is 37.8 Å². The van der Waals surface area contributed by atoms with Crippen molar-refractivity contribution in [1.29, 1.82) is 0 Å². The van der Waals surface area contributed by atoms with Gasteiger partial charge in [-0.2, -0.15) is 0 Å². The fourth-order valence-electron chi connectivity index (χ4n) is 1.71. The van der Waals surface area contributed by atoms with Crippen molar-refractivity contribution in [3.63, 3.8) is 0 Å². The van der Waals surface area contributed by atoms with Gasteiger partial charge in [0.1, 0.15) is 5.82 Å². The Balaban J connectivity index is 2.38. The molecular formula is C12H13FN2O. The van der Waals surface area contributed by atoms with Crippen molar-refractivity contribution in [3.8, 4) is 0 Å². The second-order valence-electron chi connectivity index (χ2n) is 3.87. The molecule has 1 atom stereocenters. The number of hydrogen-bond donors (Lipinski definition) is 1. The van der Waals surface area contributed by atoms with Gasteiger partial charge in [0.05, 0.1) is 6.04 Å². The Kier molecular flexibility index (Phi) is 2.64. The van der Waals surface area contributed by atoms with Crippen molar-refractivity contribution >= 4 is 0 Å². The van der Waals surface area contributed by atoms with Gasteiger partial charge in [-0.05, 0) is 31.5 Å². The number of nitrogens with one attached hydrogen (secondary N) is 1. The van der Waals surface area contributed by atoms with E-state index in [4.69, 9.17) is 0 Å². The molecule has 1 N–H and O–H groups in total. The predicted octanol–water partition coefficient (Wildman–Crippen LogP) is 2.23. The van der Waals surface area contributed by atoms with Crippen LogP contribution in [-0.2, 0) is 0 Å². The second kappa shape index (κ2) is 3.96. The van der Waals surface area contributed by atoms with Gasteiger partial charge in [0.25, 0.3) is 5.56 Å². The molecule has 4 heteroatoms. The summed E-state index contributed by atoms with van der Waals surface area (Å²) in [7, 11) is 0. The third-order valence-corrected chi connectivity index (χ3v) is 2.61. The van der Waals surface area contributed by atoms with Crippen LogP contribution in [0.3, 0.4) is 0 Å². The lowest BCUT2D eigenvalue weighted by Crippen LogP contribution is -2.20. The van der Waals surface area contributed by atoms with Gasteiger partial charge in [0, 0.05) is 11.8 Å². The Morgan fingerprint density at radius 2 is 1.94 bits per heavy atom. The summed E-state index contributed by atoms with van der Waals surface area (Å²) in [6.07, 6.45) is 0. The van der Waals surface area contributed by atoms with Crippen molar-refractivity contribution in [1.82, 2.24) is 9.78 Å². The van der Waals surface area contributed by atoms with E-state index in [-0.39, 0.29) is 17.4 Å². The fourth-order valence-corrected chi connectivity index (χ4v) is 1.71. The molecule has 84 valence electrons. The highest BCUT2D eigenvalue weighted by atomic mass is 19.1. The molecule has 3 nitrogen and oxygen atoms in total. The normalized spacial score (nSPS) is 12.7. The van der Waals surface area contributed by atoms with E-state index in [1.165, 1.54) is 16.8 Å². The second-order valence-corrected chi connectivity index (χ2v) is 3.87. The first-order valence-electron chi connectivity index (χ1n) is 5.11. The summed E-state index contributed by atoms with van der Waals surface area (Å²) in [5, 5.41) is 2.97. The molecule has 16 heavy (non-hydrogen) atoms. The number of H-pyrrole nitrogens is 1. The molecule has 0 aliphatic rings. The van der Waals surface area contributed by atoms with Crippen LogP contribution >= 0.6 is 0 Å². The average molecular weight is 220 g/mol. The molecule has 0 amide bonds. The summed E-state index contributed by atoms with van der Waals surface area (Å²) in [5.41, 5.74) is 1.64. The third kappa shape index (κ3) is 1.91. The largest absolute Gasteiger partial charge is 0.299 e. The van der Waals surface area contributed by atoms with Crippen LogP contribution in [-0.4, -0.2) is 9.78 Å². The first kappa shape index (κ1) is 10.7. The molecule has 0 spiro atoms. The lowest BCUT2D eigenvalue weighted by Gasteiger charge is -2.12. The number of aryl methyl sites for hydroxylation is 1. The molecule has 1 heterocycles. The average Bonchev–Trinajstić information content (AvgIpc) is 2.58. The molecule has 0 fully saturated rings. The summed E-state index contributed by atoms with van der Waals surface area (Å²) < 4.78 is 14.3. The summed E-state index contributed by atoms with van der Waals surface area (Å²) in [6, 6.07) is 7.58. The Labute approximate surface area is 92.5 Å². The van der Waals surface area contributed by atoms with Gasteiger partial charge in [-0.25, -0.2) is 9.07 Å². The highest BCUT2D eigenvalue weighted by molar-refractivity contribution is 5.20. The third-order valence-electron chi connectivity index (χ3n) is 2.61. The summed E-state index contributed by atoms with van der Waals surface area (Å²) in [5.74, 6) is -0.272. The number of hydrogen-bond acceptors (Lipinski definition) is 1. The minimum atomic E-state index is -0.272. The Morgan fingerprint density at radius 3 is 2.44 bits per heavy atom. The number of aromatic amines is 1. The van der Waals surface area contributed by atoms with E-state index in [9.17, 15) is 9.18 Å². The first-order valence-corrected chi connectivity index (χ1v) is 5.11. The maximum atomic E-state index is 12.8. The molecular weight excluding hydrogens is 207 g/mol. The molecule has 2 aromatic rings. The summed E-state index contributed by atoms with van der Waals surface area (Å²) >= 11 is 0. The molecule has 0 bridgehead atoms. The molecule has 2 rings (SSSR count). The Morgan fingerprint density at radius 1 is 1.31 bits per heavy atom. The first-order chi connectivity index (χ1) is 7.58. The maximum Gasteiger partial charge on any atom is 0.267 e. The zero-order chi connectivity index (χ0) is 11.7. The highest BCUT2D eigenvalue weighted by Gasteiger charge is 2.10. The van der Waals surface area contributed by atoms with Crippen molar-refractivity contribution in [3.05, 3.63) is 57.8 Å². The van der Waals surface area contributed by atoms with Crippen LogP contribution in [0.25, 0.3) is 0 Å². The minimum absolute atomic E-state index is 0.0747. The summed E-state index contributed by atoms with van der Waals surface area (Å²) in [4.78, 5) is 11.6. The zero-order valence-electron chi connectivity index (χ0n) is 9.20. The SMILES string of the molecule is Cc1cc(=O)n(C(C)c2ccc(F)cc2)[nH]1. The quantitative estimate of drug-likeness (QED) is 0.828. The van der Waals surface area contributed by atoms with Crippen LogP contribution in [0.5, 0.6) is 0 Å². The molecule has 0 saturated carbocycles. The van der Waals surface area contributed by atoms with Crippen LogP contribution < -0.4 is 5.56 Å². The molecule has 1 unspecified atom stereocenters. The van der Waals surface area contributed by atoms with E-state index in [0.717, 1.165) is 11.3 Å². The molecule has 1 aromatic heterocycles. The Hall–Kier alpha value is -1.84. The molecule has 0 aliphatic carbocycles. The van der Waals surface area contributed by atoms with Crippen LogP contribution in [0.4, 0.5) is 4.39 Å². The van der Waals surface area contributed by atoms with Gasteiger partial charge < -0.3 is 0 Å². The number of rotatable bonds is 2. The van der Waals surface area contributed by atoms with E-state index in [1.54, 1.807) is 18.2 Å². The van der Waals surface area contributed by atoms with Gasteiger partial charge in [0.2, 0.25) is 0 Å². The van der Waals surface area contributed by atoms with Crippen molar-refractivity contribution in [2.75, 3.05) is 0 Å². The van der Waals surface area contributed by atoms with E-state index in [0.29, 0.717) is 0 Å². The smallest absolute Gasteiger partial charge is 0.267 e. The van der Waals surface area contributed by atoms with Gasteiger partial charge in [-0.15, -0.1) is 0 Å². The van der Waals surface area contributed by atoms with Crippen molar-refractivity contribution < 1.29 is 4.39 Å². The number of benzene rings is 1. The standard InChI is InChI=1S/C12H13FN2O/c1-8-7-12(16)15(14-8)9(2)10-3-5-11(13)6-4-10/h3-7,9,14H,1-2H3. The molecule has 0 radical (unpaired) electrons. The van der Waals surface area contributed by atoms with Gasteiger partial charge >= 0.3 is 0 Å². The number of halogens is 1. The molecule has 0 saturated heterocycles. The van der Waals surface area contributed by atoms with Gasteiger partial charge in [-0.1, -0.05) is 12.1 Å². The monoisotopic (exact) mass is 220 g/mol. The lowest BCUT2D eigenvalue weighted by molar-refractivity contribution is 0.542. The van der Waals surface area contributed by atoms with E-state index in [1.807, 2.05) is 13.8 Å². The maximum absolute atomic E-state index is 12.8. The summed E-state index contributed by atoms with van der Waals surface area (Å²) in [6.45, 7) is 3.72. The number of nitrogens with zero attached hydrogens (tertiary/aromatic N) is 1. The lowest BCUT2D eigenvalue weighted by atomic mass is 10.1. The molecule has 0 aliphatic heterocycles. The van der Waals surface area contributed by atoms with Crippen LogP contribution in [0, 0.1) is 12.7 Å². The highest BCUT2D eigenvalue weighted by Crippen LogP contribution is 2.15. The fraction of sp³-hybridized carbons (Fsp3) is 0.250. The van der Waals surface area contributed by atoms with Crippen molar-refractivity contribution in [2.24, 2.45) is 0 Å². The van der Waals surface area contributed by atoms with E-state index < -0.39 is 0 Å². The van der Waals surface area contributed by atoms with Gasteiger partial charge in [0.15, 0.2) is 0 Å². The molecule has 1 aromatic carbocycles. The minimum Gasteiger partial charge on any atom is -0.299 e. The Bertz CT molecular complexity index is 539. The van der Waals surface area contributed by atoms with Crippen LogP contribution in [0.15, 0.2) is 35.1 Å². The van der Waals surface area contributed by atoms with Crippen LogP contribution in [0.1, 0.15) is 24.2 Å². The zero-order valence-corrected chi connectivity index (χ0v) is 9.20. The van der Waals surface area contributed by atoms with Crippen molar-refractivity contribution in [2.45, 2.75) is 19.9 Å². The van der Waals surface area contributed by atoms with E-state index >= 15 is 0 Å². The van der Waals surface area contributed by atoms with Crippen LogP contribution in [0.2, 0.25) is 0 Å². The number of aromatic nitrogens is 2. The van der Waals surface area contributed by atoms with E-state index in [2.05, 4.69) is 5.10 Å². The van der Waals surface area contributed by atoms with Gasteiger partial charge in [-0.3, -0.25) is 9.89 Å². The predicted molar refractivity (Wildman–Crippen MR) is 60.0 cm³/mol.